The van der Waals surface area contributed by atoms with Crippen LogP contribution in [0, 0.1) is 0 Å². The summed E-state index contributed by atoms with van der Waals surface area (Å²) in [6.07, 6.45) is 1.02. The van der Waals surface area contributed by atoms with Crippen LogP contribution in [0.3, 0.4) is 0 Å². The molecule has 0 saturated heterocycles. The predicted octanol–water partition coefficient (Wildman–Crippen LogP) is 5.30. The van der Waals surface area contributed by atoms with Crippen molar-refractivity contribution in [1.82, 2.24) is 0 Å². The van der Waals surface area contributed by atoms with Gasteiger partial charge in [0.1, 0.15) is 6.29 Å². The number of hydrogen-bond acceptors (Lipinski definition) is 2. The highest BCUT2D eigenvalue weighted by molar-refractivity contribution is 8.01. The van der Waals surface area contributed by atoms with E-state index in [0.717, 1.165) is 6.29 Å². The minimum atomic E-state index is -0.413. The molecule has 24 heavy (non-hydrogen) atoms. The Morgan fingerprint density at radius 1 is 0.708 bits per heavy atom. The van der Waals surface area contributed by atoms with Gasteiger partial charge in [0.15, 0.2) is 0 Å². The van der Waals surface area contributed by atoms with Gasteiger partial charge in [0, 0.05) is 0 Å². The fraction of sp³-hybridized carbons (Fsp3) is 0.136. The molecule has 120 valence electrons. The molecule has 0 saturated carbocycles. The third-order valence-electron chi connectivity index (χ3n) is 4.10. The van der Waals surface area contributed by atoms with Gasteiger partial charge in [0.2, 0.25) is 0 Å². The van der Waals surface area contributed by atoms with Crippen molar-refractivity contribution in [3.63, 3.8) is 0 Å². The second kappa shape index (κ2) is 7.50. The van der Waals surface area contributed by atoms with Crippen molar-refractivity contribution in [2.75, 3.05) is 0 Å². The lowest BCUT2D eigenvalue weighted by molar-refractivity contribution is -0.107. The average molecular weight is 332 g/mol. The molecule has 0 aliphatic heterocycles. The number of rotatable bonds is 6. The molecule has 1 unspecified atom stereocenters. The van der Waals surface area contributed by atoms with E-state index < -0.39 is 4.75 Å². The largest absolute Gasteiger partial charge is 0.302 e. The quantitative estimate of drug-likeness (QED) is 0.450. The maximum atomic E-state index is 11.5. The van der Waals surface area contributed by atoms with Crippen molar-refractivity contribution >= 4 is 18.0 Å². The monoisotopic (exact) mass is 332 g/mol. The van der Waals surface area contributed by atoms with Gasteiger partial charge in [-0.1, -0.05) is 91.0 Å². The van der Waals surface area contributed by atoms with Crippen molar-refractivity contribution in [2.24, 2.45) is 0 Å². The Hall–Kier alpha value is -2.32. The van der Waals surface area contributed by atoms with E-state index in [1.54, 1.807) is 11.8 Å². The van der Waals surface area contributed by atoms with E-state index in [2.05, 4.69) is 72.8 Å². The summed E-state index contributed by atoms with van der Waals surface area (Å²) in [5, 5.41) is -0.120. The molecule has 2 heteroatoms. The summed E-state index contributed by atoms with van der Waals surface area (Å²) in [6.45, 7) is 1.96. The van der Waals surface area contributed by atoms with E-state index >= 15 is 0 Å². The molecular formula is C22H20OS. The topological polar surface area (TPSA) is 17.1 Å². The highest BCUT2D eigenvalue weighted by atomic mass is 32.2. The third kappa shape index (κ3) is 3.15. The summed E-state index contributed by atoms with van der Waals surface area (Å²) in [5.41, 5.74) is 3.54. The molecule has 0 aliphatic rings. The molecule has 3 rings (SSSR count). The third-order valence-corrected chi connectivity index (χ3v) is 5.64. The van der Waals surface area contributed by atoms with Crippen LogP contribution in [0.2, 0.25) is 0 Å². The Labute approximate surface area is 147 Å². The molecule has 0 aromatic heterocycles. The number of benzene rings is 3. The van der Waals surface area contributed by atoms with Gasteiger partial charge in [-0.05, 0) is 23.6 Å². The van der Waals surface area contributed by atoms with E-state index in [4.69, 9.17) is 0 Å². The van der Waals surface area contributed by atoms with Gasteiger partial charge in [0.05, 0.1) is 10.00 Å². The summed E-state index contributed by atoms with van der Waals surface area (Å²) < 4.78 is -0.413. The molecule has 0 radical (unpaired) electrons. The Morgan fingerprint density at radius 2 is 1.04 bits per heavy atom. The van der Waals surface area contributed by atoms with Gasteiger partial charge in [-0.25, -0.2) is 0 Å². The van der Waals surface area contributed by atoms with Crippen LogP contribution >= 0.6 is 11.8 Å². The second-order valence-corrected chi connectivity index (χ2v) is 7.33. The van der Waals surface area contributed by atoms with E-state index in [0.29, 0.717) is 0 Å². The lowest BCUT2D eigenvalue weighted by atomic mass is 9.84. The lowest BCUT2D eigenvalue weighted by Crippen LogP contribution is -2.28. The van der Waals surface area contributed by atoms with Crippen LogP contribution in [0.5, 0.6) is 0 Å². The van der Waals surface area contributed by atoms with Gasteiger partial charge >= 0.3 is 0 Å². The van der Waals surface area contributed by atoms with Gasteiger partial charge in [-0.2, -0.15) is 0 Å². The molecule has 0 N–H and O–H groups in total. The van der Waals surface area contributed by atoms with Crippen LogP contribution in [0.15, 0.2) is 91.0 Å². The van der Waals surface area contributed by atoms with Crippen molar-refractivity contribution in [2.45, 2.75) is 16.9 Å². The SMILES string of the molecule is CC(C=O)SC(c1ccccc1)(c1ccccc1)c1ccccc1. The van der Waals surface area contributed by atoms with Gasteiger partial charge in [0.25, 0.3) is 0 Å². The standard InChI is InChI=1S/C22H20OS/c1-18(17-23)24-22(19-11-5-2-6-12-19,20-13-7-3-8-14-20)21-15-9-4-10-16-21/h2-18H,1H3. The van der Waals surface area contributed by atoms with Gasteiger partial charge in [-0.15, -0.1) is 11.8 Å². The van der Waals surface area contributed by atoms with Gasteiger partial charge < -0.3 is 4.79 Å². The highest BCUT2D eigenvalue weighted by Gasteiger charge is 2.38. The molecule has 3 aromatic carbocycles. The maximum Gasteiger partial charge on any atom is 0.132 e. The van der Waals surface area contributed by atoms with Crippen LogP contribution in [0.1, 0.15) is 23.6 Å². The molecule has 0 spiro atoms. The summed E-state index contributed by atoms with van der Waals surface area (Å²) >= 11 is 1.68. The zero-order valence-electron chi connectivity index (χ0n) is 13.6. The van der Waals surface area contributed by atoms with Crippen LogP contribution in [0.25, 0.3) is 0 Å². The van der Waals surface area contributed by atoms with Crippen LogP contribution in [-0.4, -0.2) is 11.5 Å². The molecular weight excluding hydrogens is 312 g/mol. The fourth-order valence-electron chi connectivity index (χ4n) is 3.03. The Balaban J connectivity index is 2.30. The lowest BCUT2D eigenvalue weighted by Gasteiger charge is -2.36. The molecule has 0 aliphatic carbocycles. The normalized spacial score (nSPS) is 12.5. The molecule has 0 heterocycles. The first kappa shape index (κ1) is 16.5. The van der Waals surface area contributed by atoms with Crippen molar-refractivity contribution in [3.05, 3.63) is 108 Å². The van der Waals surface area contributed by atoms with Gasteiger partial charge in [-0.3, -0.25) is 0 Å². The van der Waals surface area contributed by atoms with Crippen LogP contribution < -0.4 is 0 Å². The molecule has 0 fully saturated rings. The van der Waals surface area contributed by atoms with E-state index in [9.17, 15) is 4.79 Å². The Kier molecular flexibility index (Phi) is 5.17. The molecule has 0 bridgehead atoms. The first-order chi connectivity index (χ1) is 11.8. The number of hydrogen-bond donors (Lipinski definition) is 0. The van der Waals surface area contributed by atoms with Crippen molar-refractivity contribution < 1.29 is 4.79 Å². The Bertz CT molecular complexity index is 672. The summed E-state index contributed by atoms with van der Waals surface area (Å²) in [7, 11) is 0. The van der Waals surface area contributed by atoms with Crippen LogP contribution in [-0.2, 0) is 9.54 Å². The van der Waals surface area contributed by atoms with E-state index in [-0.39, 0.29) is 5.25 Å². The van der Waals surface area contributed by atoms with E-state index in [1.807, 2.05) is 25.1 Å². The number of carbonyl (C=O) groups is 1. The van der Waals surface area contributed by atoms with Crippen LogP contribution in [0.4, 0.5) is 0 Å². The number of carbonyl (C=O) groups excluding carboxylic acids is 1. The second-order valence-electron chi connectivity index (χ2n) is 5.74. The Morgan fingerprint density at radius 3 is 1.33 bits per heavy atom. The predicted molar refractivity (Wildman–Crippen MR) is 102 cm³/mol. The molecule has 1 nitrogen and oxygen atoms in total. The van der Waals surface area contributed by atoms with Crippen molar-refractivity contribution in [3.8, 4) is 0 Å². The summed E-state index contributed by atoms with van der Waals surface area (Å²) in [4.78, 5) is 11.5. The number of aldehydes is 1. The average Bonchev–Trinajstić information content (AvgIpc) is 2.68. The first-order valence-corrected chi connectivity index (χ1v) is 8.95. The smallest absolute Gasteiger partial charge is 0.132 e. The van der Waals surface area contributed by atoms with E-state index in [1.165, 1.54) is 16.7 Å². The minimum absolute atomic E-state index is 0.120. The van der Waals surface area contributed by atoms with Crippen molar-refractivity contribution in [1.29, 1.82) is 0 Å². The fourth-order valence-corrected chi connectivity index (χ4v) is 4.46. The summed E-state index contributed by atoms with van der Waals surface area (Å²) in [6, 6.07) is 31.3. The zero-order valence-corrected chi connectivity index (χ0v) is 14.4. The minimum Gasteiger partial charge on any atom is -0.302 e. The number of thioether (sulfide) groups is 1. The highest BCUT2D eigenvalue weighted by Crippen LogP contribution is 2.49. The maximum absolute atomic E-state index is 11.5. The summed E-state index contributed by atoms with van der Waals surface area (Å²) in [5.74, 6) is 0. The molecule has 1 atom stereocenters. The first-order valence-electron chi connectivity index (χ1n) is 8.07. The molecule has 3 aromatic rings. The zero-order chi connectivity index (χ0) is 16.8. The molecule has 0 amide bonds.